The first-order valence-corrected chi connectivity index (χ1v) is 10.7. The Bertz CT molecular complexity index is 991. The maximum atomic E-state index is 6.21. The van der Waals surface area contributed by atoms with Crippen molar-refractivity contribution in [1.29, 1.82) is 0 Å². The van der Waals surface area contributed by atoms with E-state index < -0.39 is 0 Å². The van der Waals surface area contributed by atoms with Crippen molar-refractivity contribution in [1.82, 2.24) is 0 Å². The van der Waals surface area contributed by atoms with Crippen LogP contribution in [0.25, 0.3) is 16.2 Å². The van der Waals surface area contributed by atoms with E-state index in [9.17, 15) is 0 Å². The van der Waals surface area contributed by atoms with Gasteiger partial charge < -0.3 is 4.90 Å². The van der Waals surface area contributed by atoms with E-state index >= 15 is 0 Å². The molecule has 25 heavy (non-hydrogen) atoms. The second kappa shape index (κ2) is 6.88. The van der Waals surface area contributed by atoms with Crippen molar-refractivity contribution in [3.63, 3.8) is 0 Å². The first-order chi connectivity index (χ1) is 12.1. The molecule has 2 heterocycles. The number of thiophene rings is 1. The molecular weight excluding hydrogens is 389 g/mol. The Labute approximate surface area is 166 Å². The van der Waals surface area contributed by atoms with Crippen molar-refractivity contribution in [3.05, 3.63) is 61.9 Å². The average Bonchev–Trinajstić information content (AvgIpc) is 3.11. The summed E-state index contributed by atoms with van der Waals surface area (Å²) in [5.74, 6) is 0. The molecule has 0 spiro atoms. The number of rotatable bonds is 3. The Morgan fingerprint density at radius 3 is 2.56 bits per heavy atom. The van der Waals surface area contributed by atoms with Crippen LogP contribution in [-0.2, 0) is 6.42 Å². The summed E-state index contributed by atoms with van der Waals surface area (Å²) in [5, 5.41) is 4.11. The second-order valence-corrected chi connectivity index (χ2v) is 8.90. The SMILES string of the molecule is CCc1c(C=C2Sc3ccc(Cl)cc3N2CC)sc2ccc(Cl)cc12. The van der Waals surface area contributed by atoms with Gasteiger partial charge in [-0.15, -0.1) is 11.3 Å². The van der Waals surface area contributed by atoms with E-state index in [1.165, 1.54) is 36.1 Å². The molecule has 2 aromatic carbocycles. The molecule has 0 amide bonds. The van der Waals surface area contributed by atoms with E-state index in [1.807, 2.05) is 35.2 Å². The average molecular weight is 406 g/mol. The molecule has 4 rings (SSSR count). The van der Waals surface area contributed by atoms with Crippen LogP contribution in [-0.4, -0.2) is 6.54 Å². The van der Waals surface area contributed by atoms with E-state index in [4.69, 9.17) is 23.2 Å². The maximum absolute atomic E-state index is 6.21. The Kier molecular flexibility index (Phi) is 4.76. The molecule has 0 saturated heterocycles. The highest BCUT2D eigenvalue weighted by molar-refractivity contribution is 8.03. The summed E-state index contributed by atoms with van der Waals surface area (Å²) in [4.78, 5) is 4.92. The molecule has 1 aromatic heterocycles. The van der Waals surface area contributed by atoms with Crippen LogP contribution in [0.15, 0.2) is 46.3 Å². The first-order valence-electron chi connectivity index (χ1n) is 8.28. The van der Waals surface area contributed by atoms with Crippen LogP contribution in [0.3, 0.4) is 0 Å². The van der Waals surface area contributed by atoms with Gasteiger partial charge in [0.2, 0.25) is 0 Å². The summed E-state index contributed by atoms with van der Waals surface area (Å²) < 4.78 is 1.29. The zero-order valence-corrected chi connectivity index (χ0v) is 17.1. The number of fused-ring (bicyclic) bond motifs is 2. The van der Waals surface area contributed by atoms with Gasteiger partial charge in [-0.25, -0.2) is 0 Å². The highest BCUT2D eigenvalue weighted by atomic mass is 35.5. The van der Waals surface area contributed by atoms with Crippen LogP contribution < -0.4 is 4.90 Å². The minimum atomic E-state index is 0.782. The Balaban J connectivity index is 1.82. The number of hydrogen-bond donors (Lipinski definition) is 0. The van der Waals surface area contributed by atoms with E-state index in [2.05, 4.69) is 49.1 Å². The van der Waals surface area contributed by atoms with Gasteiger partial charge in [0.05, 0.1) is 10.7 Å². The van der Waals surface area contributed by atoms with Crippen molar-refractivity contribution in [2.75, 3.05) is 11.4 Å². The first kappa shape index (κ1) is 17.3. The lowest BCUT2D eigenvalue weighted by molar-refractivity contribution is 1.01. The lowest BCUT2D eigenvalue weighted by Gasteiger charge is -2.18. The lowest BCUT2D eigenvalue weighted by Crippen LogP contribution is -2.16. The van der Waals surface area contributed by atoms with Gasteiger partial charge in [0.25, 0.3) is 0 Å². The fourth-order valence-electron chi connectivity index (χ4n) is 3.24. The van der Waals surface area contributed by atoms with E-state index in [0.717, 1.165) is 23.0 Å². The number of benzene rings is 2. The van der Waals surface area contributed by atoms with Gasteiger partial charge >= 0.3 is 0 Å². The smallest absolute Gasteiger partial charge is 0.0815 e. The van der Waals surface area contributed by atoms with Gasteiger partial charge in [-0.2, -0.15) is 0 Å². The van der Waals surface area contributed by atoms with Gasteiger partial charge in [-0.1, -0.05) is 41.9 Å². The molecule has 5 heteroatoms. The molecule has 1 aliphatic heterocycles. The van der Waals surface area contributed by atoms with Gasteiger partial charge in [0, 0.05) is 31.1 Å². The summed E-state index contributed by atoms with van der Waals surface area (Å²) >= 11 is 16.1. The molecule has 1 aliphatic rings. The van der Waals surface area contributed by atoms with E-state index in [-0.39, 0.29) is 0 Å². The van der Waals surface area contributed by atoms with Crippen LogP contribution in [0.2, 0.25) is 10.0 Å². The fourth-order valence-corrected chi connectivity index (χ4v) is 6.02. The molecule has 0 aliphatic carbocycles. The molecule has 0 fully saturated rings. The van der Waals surface area contributed by atoms with Crippen molar-refractivity contribution < 1.29 is 0 Å². The molecule has 128 valence electrons. The minimum absolute atomic E-state index is 0.782. The van der Waals surface area contributed by atoms with Crippen LogP contribution in [0.5, 0.6) is 0 Å². The third kappa shape index (κ3) is 3.08. The zero-order valence-electron chi connectivity index (χ0n) is 14.0. The Hall–Kier alpha value is -1.13. The molecule has 0 saturated carbocycles. The highest BCUT2D eigenvalue weighted by Gasteiger charge is 2.25. The number of anilines is 1. The summed E-state index contributed by atoms with van der Waals surface area (Å²) in [6.07, 6.45) is 3.31. The normalized spacial score (nSPS) is 15.4. The molecule has 0 unspecified atom stereocenters. The molecule has 1 nitrogen and oxygen atoms in total. The predicted octanol–water partition coefficient (Wildman–Crippen LogP) is 7.70. The molecule has 3 aromatic rings. The third-order valence-electron chi connectivity index (χ3n) is 4.40. The van der Waals surface area contributed by atoms with Crippen molar-refractivity contribution >= 4 is 68.2 Å². The summed E-state index contributed by atoms with van der Waals surface area (Å²) in [6.45, 7) is 5.30. The Morgan fingerprint density at radius 1 is 1.04 bits per heavy atom. The number of hydrogen-bond acceptors (Lipinski definition) is 3. The highest BCUT2D eigenvalue weighted by Crippen LogP contribution is 2.48. The summed E-state index contributed by atoms with van der Waals surface area (Å²) in [5.41, 5.74) is 2.58. The molecule has 0 N–H and O–H groups in total. The van der Waals surface area contributed by atoms with E-state index in [1.54, 1.807) is 0 Å². The van der Waals surface area contributed by atoms with Crippen LogP contribution in [0, 0.1) is 0 Å². The fraction of sp³-hybridized carbons (Fsp3) is 0.200. The van der Waals surface area contributed by atoms with Gasteiger partial charge in [0.1, 0.15) is 0 Å². The number of nitrogens with zero attached hydrogens (tertiary/aromatic N) is 1. The van der Waals surface area contributed by atoms with Gasteiger partial charge in [-0.3, -0.25) is 0 Å². The molecular formula is C20H17Cl2NS2. The molecule has 0 atom stereocenters. The number of aryl methyl sites for hydroxylation is 1. The summed E-state index contributed by atoms with van der Waals surface area (Å²) in [7, 11) is 0. The minimum Gasteiger partial charge on any atom is -0.335 e. The second-order valence-electron chi connectivity index (χ2n) is 5.88. The standard InChI is InChI=1S/C20H17Cl2NS2/c1-3-14-15-9-12(21)5-7-17(15)24-19(14)11-20-23(4-2)16-10-13(22)6-8-18(16)25-20/h5-11H,3-4H2,1-2H3. The third-order valence-corrected chi connectivity index (χ3v) is 7.14. The van der Waals surface area contributed by atoms with Gasteiger partial charge in [0.15, 0.2) is 0 Å². The topological polar surface area (TPSA) is 3.24 Å². The number of thioether (sulfide) groups is 1. The molecule has 0 bridgehead atoms. The van der Waals surface area contributed by atoms with Crippen LogP contribution in [0.1, 0.15) is 24.3 Å². The monoisotopic (exact) mass is 405 g/mol. The van der Waals surface area contributed by atoms with Crippen LogP contribution >= 0.6 is 46.3 Å². The molecule has 0 radical (unpaired) electrons. The van der Waals surface area contributed by atoms with Crippen molar-refractivity contribution in [2.24, 2.45) is 0 Å². The quantitative estimate of drug-likeness (QED) is 0.438. The van der Waals surface area contributed by atoms with Gasteiger partial charge in [-0.05, 0) is 66.8 Å². The van der Waals surface area contributed by atoms with Crippen molar-refractivity contribution in [3.8, 4) is 0 Å². The van der Waals surface area contributed by atoms with E-state index in [0.29, 0.717) is 0 Å². The van der Waals surface area contributed by atoms with Crippen molar-refractivity contribution in [2.45, 2.75) is 25.2 Å². The maximum Gasteiger partial charge on any atom is 0.0815 e. The largest absolute Gasteiger partial charge is 0.335 e. The predicted molar refractivity (Wildman–Crippen MR) is 115 cm³/mol. The zero-order chi connectivity index (χ0) is 17.6. The van der Waals surface area contributed by atoms with Crippen LogP contribution in [0.4, 0.5) is 5.69 Å². The Morgan fingerprint density at radius 2 is 1.80 bits per heavy atom. The number of halogens is 2. The lowest BCUT2D eigenvalue weighted by atomic mass is 10.1. The summed E-state index contributed by atoms with van der Waals surface area (Å²) in [6, 6.07) is 12.3.